The van der Waals surface area contributed by atoms with Crippen molar-refractivity contribution in [3.8, 4) is 0 Å². The highest BCUT2D eigenvalue weighted by molar-refractivity contribution is 7.13. The zero-order chi connectivity index (χ0) is 20.0. The van der Waals surface area contributed by atoms with Crippen molar-refractivity contribution < 1.29 is 4.52 Å². The number of pyridine rings is 1. The minimum Gasteiger partial charge on any atom is -0.360 e. The van der Waals surface area contributed by atoms with Crippen LogP contribution >= 0.6 is 11.3 Å². The summed E-state index contributed by atoms with van der Waals surface area (Å²) in [6.45, 7) is 5.86. The fourth-order valence-corrected chi connectivity index (χ4v) is 5.41. The Bertz CT molecular complexity index is 1060. The number of aromatic nitrogens is 3. The fourth-order valence-electron chi connectivity index (χ4n) is 4.74. The average molecular weight is 412 g/mol. The Kier molecular flexibility index (Phi) is 4.75. The lowest BCUT2D eigenvalue weighted by Crippen LogP contribution is -2.47. The lowest BCUT2D eigenvalue weighted by atomic mass is 9.83. The zero-order valence-electron chi connectivity index (χ0n) is 16.7. The molecule has 3 aromatic heterocycles. The van der Waals surface area contributed by atoms with Gasteiger partial charge in [-0.05, 0) is 32.4 Å². The average Bonchev–Trinajstić information content (AvgIpc) is 3.36. The van der Waals surface area contributed by atoms with Gasteiger partial charge in [0, 0.05) is 61.0 Å². The van der Waals surface area contributed by atoms with Crippen molar-refractivity contribution in [3.05, 3.63) is 62.8 Å². The molecule has 3 aromatic rings. The number of anilines is 1. The predicted molar refractivity (Wildman–Crippen MR) is 112 cm³/mol. The standard InChI is InChI=1S/C21H25N5O2S/c1-14-7-18(28-23-14)13-24(2)11-16-3-4-19-17-8-15(10-26(19)20(16)27)9-25(12-17)21-22-5-6-29-21/h3-7,15,17H,8-13H2,1-2H3/t15-,17+/m0/s1. The summed E-state index contributed by atoms with van der Waals surface area (Å²) >= 11 is 1.69. The number of piperidine rings is 1. The number of thiazole rings is 1. The van der Waals surface area contributed by atoms with E-state index in [0.717, 1.165) is 48.2 Å². The van der Waals surface area contributed by atoms with Gasteiger partial charge in [-0.3, -0.25) is 9.69 Å². The molecular weight excluding hydrogens is 386 g/mol. The molecule has 29 heavy (non-hydrogen) atoms. The van der Waals surface area contributed by atoms with E-state index in [4.69, 9.17) is 4.52 Å². The van der Waals surface area contributed by atoms with Crippen molar-refractivity contribution in [2.75, 3.05) is 25.0 Å². The predicted octanol–water partition coefficient (Wildman–Crippen LogP) is 2.86. The molecule has 8 heteroatoms. The van der Waals surface area contributed by atoms with Gasteiger partial charge in [0.25, 0.3) is 5.56 Å². The van der Waals surface area contributed by atoms with Gasteiger partial charge in [-0.2, -0.15) is 0 Å². The van der Waals surface area contributed by atoms with Crippen molar-refractivity contribution in [3.63, 3.8) is 0 Å². The van der Waals surface area contributed by atoms with Gasteiger partial charge >= 0.3 is 0 Å². The second-order valence-electron chi connectivity index (χ2n) is 8.32. The highest BCUT2D eigenvalue weighted by Crippen LogP contribution is 2.37. The monoisotopic (exact) mass is 411 g/mol. The summed E-state index contributed by atoms with van der Waals surface area (Å²) < 4.78 is 7.33. The molecule has 2 bridgehead atoms. The topological polar surface area (TPSA) is 67.4 Å². The summed E-state index contributed by atoms with van der Waals surface area (Å²) in [7, 11) is 2.00. The Labute approximate surface area is 173 Å². The van der Waals surface area contributed by atoms with Crippen LogP contribution in [0.3, 0.4) is 0 Å². The van der Waals surface area contributed by atoms with Crippen LogP contribution in [0.1, 0.15) is 35.1 Å². The second kappa shape index (κ2) is 7.42. The first-order chi connectivity index (χ1) is 14.1. The highest BCUT2D eigenvalue weighted by atomic mass is 32.1. The van der Waals surface area contributed by atoms with Gasteiger partial charge in [-0.15, -0.1) is 11.3 Å². The molecule has 2 aliphatic heterocycles. The molecule has 0 aromatic carbocycles. The Morgan fingerprint density at radius 2 is 2.17 bits per heavy atom. The first kappa shape index (κ1) is 18.6. The van der Waals surface area contributed by atoms with Crippen LogP contribution in [0, 0.1) is 12.8 Å². The van der Waals surface area contributed by atoms with Crippen LogP contribution in [-0.4, -0.2) is 39.7 Å². The zero-order valence-corrected chi connectivity index (χ0v) is 17.6. The third-order valence-electron chi connectivity index (χ3n) is 5.92. The van der Waals surface area contributed by atoms with E-state index in [1.807, 2.05) is 42.2 Å². The van der Waals surface area contributed by atoms with E-state index < -0.39 is 0 Å². The van der Waals surface area contributed by atoms with Gasteiger partial charge in [-0.25, -0.2) is 4.98 Å². The van der Waals surface area contributed by atoms with E-state index in [1.165, 1.54) is 5.69 Å². The lowest BCUT2D eigenvalue weighted by molar-refractivity contribution is 0.260. The van der Waals surface area contributed by atoms with E-state index in [1.54, 1.807) is 11.3 Å². The van der Waals surface area contributed by atoms with Gasteiger partial charge in [0.05, 0.1) is 12.2 Å². The number of nitrogens with zero attached hydrogens (tertiary/aromatic N) is 5. The van der Waals surface area contributed by atoms with Crippen LogP contribution in [0.15, 0.2) is 39.1 Å². The molecule has 5 rings (SSSR count). The second-order valence-corrected chi connectivity index (χ2v) is 9.20. The molecule has 0 saturated carbocycles. The van der Waals surface area contributed by atoms with E-state index in [-0.39, 0.29) is 5.56 Å². The molecule has 1 fully saturated rings. The minimum absolute atomic E-state index is 0.153. The molecule has 0 radical (unpaired) electrons. The van der Waals surface area contributed by atoms with E-state index in [9.17, 15) is 4.79 Å². The van der Waals surface area contributed by atoms with Gasteiger partial charge in [-0.1, -0.05) is 11.2 Å². The molecule has 0 unspecified atom stereocenters. The summed E-state index contributed by atoms with van der Waals surface area (Å²) in [6.07, 6.45) is 3.02. The van der Waals surface area contributed by atoms with Crippen LogP contribution in [0.4, 0.5) is 5.13 Å². The number of aryl methyl sites for hydroxylation is 1. The quantitative estimate of drug-likeness (QED) is 0.643. The Morgan fingerprint density at radius 3 is 2.93 bits per heavy atom. The van der Waals surface area contributed by atoms with Crippen LogP contribution in [0.25, 0.3) is 0 Å². The third kappa shape index (κ3) is 3.62. The molecule has 152 valence electrons. The maximum atomic E-state index is 13.2. The highest BCUT2D eigenvalue weighted by Gasteiger charge is 2.35. The number of hydrogen-bond acceptors (Lipinski definition) is 7. The Hall–Kier alpha value is -2.45. The molecule has 0 amide bonds. The van der Waals surface area contributed by atoms with Crippen LogP contribution in [-0.2, 0) is 19.6 Å². The van der Waals surface area contributed by atoms with Gasteiger partial charge in [0.1, 0.15) is 0 Å². The summed E-state index contributed by atoms with van der Waals surface area (Å²) in [5.41, 5.74) is 3.04. The molecule has 2 aliphatic rings. The Balaban J connectivity index is 1.35. The third-order valence-corrected chi connectivity index (χ3v) is 6.75. The van der Waals surface area contributed by atoms with Crippen LogP contribution in [0.2, 0.25) is 0 Å². The molecule has 0 aliphatic carbocycles. The smallest absolute Gasteiger partial charge is 0.255 e. The summed E-state index contributed by atoms with van der Waals surface area (Å²) in [5.74, 6) is 1.70. The number of hydrogen-bond donors (Lipinski definition) is 0. The van der Waals surface area contributed by atoms with E-state index in [2.05, 4.69) is 26.0 Å². The number of fused-ring (bicyclic) bond motifs is 4. The molecule has 7 nitrogen and oxygen atoms in total. The van der Waals surface area contributed by atoms with Crippen molar-refractivity contribution >= 4 is 16.5 Å². The van der Waals surface area contributed by atoms with E-state index >= 15 is 0 Å². The number of rotatable bonds is 5. The summed E-state index contributed by atoms with van der Waals surface area (Å²) in [5, 5.41) is 7.06. The van der Waals surface area contributed by atoms with Crippen molar-refractivity contribution in [1.82, 2.24) is 19.6 Å². The summed E-state index contributed by atoms with van der Waals surface area (Å²) in [6, 6.07) is 6.11. The first-order valence-corrected chi connectivity index (χ1v) is 10.9. The SMILES string of the molecule is Cc1cc(CN(C)Cc2ccc3n(c2=O)C[C@H]2C[C@@H]3CN(c3nccs3)C2)on1. The fraction of sp³-hybridized carbons (Fsp3) is 0.476. The molecule has 1 saturated heterocycles. The van der Waals surface area contributed by atoms with Crippen molar-refractivity contribution in [1.29, 1.82) is 0 Å². The maximum absolute atomic E-state index is 13.2. The normalized spacial score (nSPS) is 20.9. The molecule has 2 atom stereocenters. The van der Waals surface area contributed by atoms with E-state index in [0.29, 0.717) is 24.9 Å². The largest absolute Gasteiger partial charge is 0.360 e. The maximum Gasteiger partial charge on any atom is 0.255 e. The molecular formula is C21H25N5O2S. The lowest BCUT2D eigenvalue weighted by Gasteiger charge is -2.42. The van der Waals surface area contributed by atoms with Crippen LogP contribution in [0.5, 0.6) is 0 Å². The van der Waals surface area contributed by atoms with Gasteiger partial charge in [0.15, 0.2) is 10.9 Å². The molecule has 5 heterocycles. The van der Waals surface area contributed by atoms with Crippen molar-refractivity contribution in [2.24, 2.45) is 5.92 Å². The van der Waals surface area contributed by atoms with Crippen molar-refractivity contribution in [2.45, 2.75) is 38.9 Å². The van der Waals surface area contributed by atoms with Gasteiger partial charge in [0.2, 0.25) is 0 Å². The summed E-state index contributed by atoms with van der Waals surface area (Å²) in [4.78, 5) is 22.2. The minimum atomic E-state index is 0.153. The Morgan fingerprint density at radius 1 is 1.28 bits per heavy atom. The van der Waals surface area contributed by atoms with Gasteiger partial charge < -0.3 is 14.0 Å². The molecule has 0 spiro atoms. The molecule has 0 N–H and O–H groups in total. The first-order valence-electron chi connectivity index (χ1n) is 10.0. The van der Waals surface area contributed by atoms with Crippen LogP contribution < -0.4 is 10.5 Å².